The summed E-state index contributed by atoms with van der Waals surface area (Å²) in [5.74, 6) is 0. The maximum Gasteiger partial charge on any atom is 0.284 e. The van der Waals surface area contributed by atoms with Gasteiger partial charge in [-0.3, -0.25) is 0 Å². The zero-order chi connectivity index (χ0) is 10.2. The molecule has 2 aromatic carbocycles. The molecule has 0 unspecified atom stereocenters. The van der Waals surface area contributed by atoms with E-state index in [0.29, 0.717) is 0 Å². The normalized spacial score (nSPS) is 11.9. The molecule has 0 heterocycles. The minimum absolute atomic E-state index is 1.29. The summed E-state index contributed by atoms with van der Waals surface area (Å²) >= 11 is 7.81. The second kappa shape index (κ2) is 4.54. The highest BCUT2D eigenvalue weighted by Gasteiger charge is 2.26. The van der Waals surface area contributed by atoms with Crippen LogP contribution in [0.2, 0.25) is 0 Å². The van der Waals surface area contributed by atoms with E-state index in [2.05, 4.69) is 108 Å². The fourth-order valence-electron chi connectivity index (χ4n) is 1.47. The van der Waals surface area contributed by atoms with Crippen molar-refractivity contribution in [3.8, 4) is 0 Å². The lowest BCUT2D eigenvalue weighted by Crippen LogP contribution is -2.28. The second-order valence-corrected chi connectivity index (χ2v) is 37.7. The van der Waals surface area contributed by atoms with Gasteiger partial charge in [0.15, 0.2) is 0 Å². The Morgan fingerprint density at radius 3 is 2.14 bits per heavy atom. The monoisotopic (exact) mass is 536 g/mol. The molecule has 0 aliphatic carbocycles. The van der Waals surface area contributed by atoms with Crippen LogP contribution in [0.3, 0.4) is 0 Å². The third kappa shape index (κ3) is 2.43. The first-order valence-corrected chi connectivity index (χ1v) is 15.5. The minimum Gasteiger partial charge on any atom is -0.0854 e. The summed E-state index contributed by atoms with van der Waals surface area (Å²) in [6.45, 7) is 0. The Hall–Kier alpha value is 1.11. The van der Waals surface area contributed by atoms with Gasteiger partial charge in [0.1, 0.15) is 0 Å². The maximum atomic E-state index is 2.60. The number of hydrogen-bond acceptors (Lipinski definition) is 0. The van der Waals surface area contributed by atoms with Crippen LogP contribution in [-0.4, -0.2) is 0.564 Å². The largest absolute Gasteiger partial charge is 0.284 e. The molecule has 0 radical (unpaired) electrons. The Balaban J connectivity index is 2.78. The van der Waals surface area contributed by atoms with Crippen LogP contribution in [0.25, 0.3) is 10.8 Å². The number of benzene rings is 2. The average Bonchev–Trinajstić information content (AvgIpc) is 2.15. The highest BCUT2D eigenvalue weighted by atomic mass is 127. The standard InChI is InChI=1S/C10H7I3Si/c11-14(12,13)10-7-3-5-8-4-1-2-6-9(8)10/h1-7H. The number of rotatable bonds is 1. The van der Waals surface area contributed by atoms with E-state index < -0.39 is 0.564 Å². The first-order valence-electron chi connectivity index (χ1n) is 4.14. The van der Waals surface area contributed by atoms with Crippen molar-refractivity contribution in [1.82, 2.24) is 0 Å². The fourth-order valence-corrected chi connectivity index (χ4v) is 6.52. The number of halogens is 3. The van der Waals surface area contributed by atoms with Crippen molar-refractivity contribution in [3.05, 3.63) is 42.5 Å². The predicted molar refractivity (Wildman–Crippen MR) is 91.4 cm³/mol. The molecule has 2 rings (SSSR count). The Morgan fingerprint density at radius 2 is 1.43 bits per heavy atom. The zero-order valence-corrected chi connectivity index (χ0v) is 14.6. The Kier molecular flexibility index (Phi) is 3.76. The van der Waals surface area contributed by atoms with Crippen LogP contribution in [0.5, 0.6) is 0 Å². The molecule has 0 amide bonds. The van der Waals surface area contributed by atoms with Gasteiger partial charge in [-0.2, -0.15) is 0 Å². The first-order chi connectivity index (χ1) is 6.59. The van der Waals surface area contributed by atoms with Gasteiger partial charge in [0, 0.05) is 0 Å². The van der Waals surface area contributed by atoms with Crippen LogP contribution in [0.4, 0.5) is 0 Å². The van der Waals surface area contributed by atoms with E-state index in [4.69, 9.17) is 0 Å². The fraction of sp³-hybridized carbons (Fsp3) is 0. The summed E-state index contributed by atoms with van der Waals surface area (Å²) < 4.78 is -1.29. The molecule has 0 atom stereocenters. The third-order valence-corrected chi connectivity index (χ3v) is 8.37. The lowest BCUT2D eigenvalue weighted by atomic mass is 10.1. The summed E-state index contributed by atoms with van der Waals surface area (Å²) in [6.07, 6.45) is 0. The molecule has 0 fully saturated rings. The van der Waals surface area contributed by atoms with E-state index in [1.54, 1.807) is 0 Å². The highest BCUT2D eigenvalue weighted by molar-refractivity contribution is 14.4. The molecule has 0 spiro atoms. The Morgan fingerprint density at radius 1 is 0.786 bits per heavy atom. The quantitative estimate of drug-likeness (QED) is 0.290. The molecule has 4 heteroatoms. The van der Waals surface area contributed by atoms with Crippen LogP contribution in [0.15, 0.2) is 42.5 Å². The molecular weight excluding hydrogens is 529 g/mol. The van der Waals surface area contributed by atoms with Gasteiger partial charge in [-0.15, -0.1) is 0 Å². The van der Waals surface area contributed by atoms with Gasteiger partial charge in [0.2, 0.25) is 0 Å². The molecule has 0 N–H and O–H groups in total. The lowest BCUT2D eigenvalue weighted by molar-refractivity contribution is 1.78. The summed E-state index contributed by atoms with van der Waals surface area (Å²) in [4.78, 5) is 0. The topological polar surface area (TPSA) is 0 Å². The van der Waals surface area contributed by atoms with Gasteiger partial charge in [0.05, 0.1) is 0 Å². The van der Waals surface area contributed by atoms with Crippen molar-refractivity contribution in [1.29, 1.82) is 0 Å². The first kappa shape index (κ1) is 11.6. The number of hydrogen-bond donors (Lipinski definition) is 0. The molecular formula is C10H7I3Si. The lowest BCUT2D eigenvalue weighted by Gasteiger charge is -2.13. The van der Waals surface area contributed by atoms with E-state index >= 15 is 0 Å². The smallest absolute Gasteiger partial charge is 0.0854 e. The maximum absolute atomic E-state index is 2.60. The van der Waals surface area contributed by atoms with Crippen LogP contribution < -0.4 is 5.19 Å². The van der Waals surface area contributed by atoms with Gasteiger partial charge in [0.25, 0.3) is 0.564 Å². The summed E-state index contributed by atoms with van der Waals surface area (Å²) in [6, 6.07) is 15.2. The molecule has 0 aromatic heterocycles. The molecule has 0 aliphatic heterocycles. The van der Waals surface area contributed by atoms with Crippen molar-refractivity contribution < 1.29 is 0 Å². The Bertz CT molecular complexity index is 457. The number of fused-ring (bicyclic) bond motifs is 1. The molecule has 72 valence electrons. The average molecular weight is 536 g/mol. The highest BCUT2D eigenvalue weighted by Crippen LogP contribution is 2.31. The van der Waals surface area contributed by atoms with Crippen molar-refractivity contribution in [2.75, 3.05) is 0 Å². The SMILES string of the molecule is I[Si](I)(I)c1cccc2ccccc12. The molecule has 2 aromatic rings. The predicted octanol–water partition coefficient (Wildman–Crippen LogP) is 4.29. The minimum atomic E-state index is -1.29. The van der Waals surface area contributed by atoms with Crippen LogP contribution in [0, 0.1) is 0 Å². The van der Waals surface area contributed by atoms with Crippen LogP contribution in [0.1, 0.15) is 0 Å². The van der Waals surface area contributed by atoms with E-state index in [-0.39, 0.29) is 0 Å². The van der Waals surface area contributed by atoms with Crippen molar-refractivity contribution in [2.45, 2.75) is 0 Å². The van der Waals surface area contributed by atoms with E-state index in [1.165, 1.54) is 16.0 Å². The van der Waals surface area contributed by atoms with Crippen molar-refractivity contribution >= 4 is 81.9 Å². The zero-order valence-electron chi connectivity index (χ0n) is 7.18. The molecule has 0 aliphatic rings. The molecule has 0 saturated heterocycles. The molecule has 0 nitrogen and oxygen atoms in total. The molecule has 14 heavy (non-hydrogen) atoms. The van der Waals surface area contributed by atoms with Gasteiger partial charge in [-0.05, 0) is 16.0 Å². The Labute approximate surface area is 122 Å². The van der Waals surface area contributed by atoms with E-state index in [1.807, 2.05) is 0 Å². The van der Waals surface area contributed by atoms with Crippen molar-refractivity contribution in [2.24, 2.45) is 0 Å². The molecule has 0 saturated carbocycles. The van der Waals surface area contributed by atoms with E-state index in [0.717, 1.165) is 0 Å². The van der Waals surface area contributed by atoms with Crippen molar-refractivity contribution in [3.63, 3.8) is 0 Å². The summed E-state index contributed by atoms with van der Waals surface area (Å²) in [5, 5.41) is 4.30. The molecule has 0 bridgehead atoms. The van der Waals surface area contributed by atoms with Gasteiger partial charge >= 0.3 is 0 Å². The second-order valence-electron chi connectivity index (χ2n) is 3.02. The van der Waals surface area contributed by atoms with Crippen LogP contribution >= 0.6 is 65.4 Å². The van der Waals surface area contributed by atoms with Gasteiger partial charge < -0.3 is 0 Å². The van der Waals surface area contributed by atoms with Crippen LogP contribution in [-0.2, 0) is 0 Å². The summed E-state index contributed by atoms with van der Waals surface area (Å²) in [7, 11) is 0. The summed E-state index contributed by atoms with van der Waals surface area (Å²) in [5.41, 5.74) is 0. The third-order valence-electron chi connectivity index (χ3n) is 2.10. The van der Waals surface area contributed by atoms with Gasteiger partial charge in [-0.1, -0.05) is 108 Å². The van der Waals surface area contributed by atoms with Gasteiger partial charge in [-0.25, -0.2) is 0 Å². The van der Waals surface area contributed by atoms with E-state index in [9.17, 15) is 0 Å².